The molecular weight excluding hydrogens is 330 g/mol. The summed E-state index contributed by atoms with van der Waals surface area (Å²) in [6, 6.07) is 25.4. The van der Waals surface area contributed by atoms with Gasteiger partial charge in [-0.15, -0.1) is 0 Å². The number of rotatable bonds is 3. The Morgan fingerprint density at radius 1 is 0.840 bits per heavy atom. The Balaban J connectivity index is 1.76. The van der Waals surface area contributed by atoms with Gasteiger partial charge in [-0.1, -0.05) is 66.2 Å². The minimum atomic E-state index is -0.0512. The molecule has 0 aromatic heterocycles. The van der Waals surface area contributed by atoms with Gasteiger partial charge >= 0.3 is 0 Å². The molecule has 0 radical (unpaired) electrons. The lowest BCUT2D eigenvalue weighted by Gasteiger charge is -2.14. The minimum Gasteiger partial charge on any atom is -0.361 e. The van der Waals surface area contributed by atoms with Crippen molar-refractivity contribution in [2.45, 2.75) is 5.92 Å². The summed E-state index contributed by atoms with van der Waals surface area (Å²) in [5.41, 5.74) is 4.60. The monoisotopic (exact) mass is 345 g/mol. The number of nitrogens with one attached hydrogen (secondary N) is 1. The van der Waals surface area contributed by atoms with Gasteiger partial charge in [0.2, 0.25) is 0 Å². The van der Waals surface area contributed by atoms with Crippen molar-refractivity contribution in [1.82, 2.24) is 0 Å². The number of hydrogen-bond acceptors (Lipinski definition) is 2. The third-order valence-corrected chi connectivity index (χ3v) is 4.71. The fourth-order valence-electron chi connectivity index (χ4n) is 3.27. The van der Waals surface area contributed by atoms with Crippen LogP contribution in [0.1, 0.15) is 27.4 Å². The number of ketones is 1. The van der Waals surface area contributed by atoms with Gasteiger partial charge in [0.15, 0.2) is 5.78 Å². The molecule has 3 heteroatoms. The molecule has 4 rings (SSSR count). The lowest BCUT2D eigenvalue weighted by Crippen LogP contribution is -2.05. The molecule has 3 aromatic carbocycles. The van der Waals surface area contributed by atoms with Crippen LogP contribution in [0.25, 0.3) is 0 Å². The van der Waals surface area contributed by atoms with Crippen LogP contribution in [-0.2, 0) is 0 Å². The van der Waals surface area contributed by atoms with Crippen molar-refractivity contribution < 1.29 is 4.79 Å². The van der Waals surface area contributed by atoms with Gasteiger partial charge in [0, 0.05) is 34.0 Å². The number of carbonyl (C=O) groups excluding carboxylic acids is 1. The Morgan fingerprint density at radius 2 is 1.52 bits per heavy atom. The quantitative estimate of drug-likeness (QED) is 0.620. The molecule has 0 bridgehead atoms. The molecule has 0 aliphatic heterocycles. The zero-order valence-electron chi connectivity index (χ0n) is 13.4. The number of halogens is 1. The Hall–Kier alpha value is -2.84. The van der Waals surface area contributed by atoms with E-state index in [1.807, 2.05) is 72.9 Å². The van der Waals surface area contributed by atoms with Gasteiger partial charge in [0.25, 0.3) is 0 Å². The highest BCUT2D eigenvalue weighted by Crippen LogP contribution is 2.41. The molecular formula is C22H16ClNO. The number of anilines is 1. The van der Waals surface area contributed by atoms with E-state index in [9.17, 15) is 4.79 Å². The summed E-state index contributed by atoms with van der Waals surface area (Å²) in [5, 5.41) is 3.92. The second kappa shape index (κ2) is 6.58. The normalized spacial score (nSPS) is 17.6. The predicted molar refractivity (Wildman–Crippen MR) is 102 cm³/mol. The third kappa shape index (κ3) is 2.97. The van der Waals surface area contributed by atoms with Crippen LogP contribution in [0.3, 0.4) is 0 Å². The van der Waals surface area contributed by atoms with E-state index in [-0.39, 0.29) is 11.7 Å². The van der Waals surface area contributed by atoms with Crippen LogP contribution in [0.5, 0.6) is 0 Å². The second-order valence-corrected chi connectivity index (χ2v) is 6.45. The van der Waals surface area contributed by atoms with E-state index in [1.165, 1.54) is 0 Å². The number of carbonyl (C=O) groups is 1. The highest BCUT2D eigenvalue weighted by atomic mass is 35.5. The van der Waals surface area contributed by atoms with Crippen molar-refractivity contribution >= 4 is 23.1 Å². The molecule has 1 aliphatic rings. The molecule has 0 amide bonds. The molecule has 0 fully saturated rings. The van der Waals surface area contributed by atoms with E-state index in [4.69, 9.17) is 11.6 Å². The smallest absolute Gasteiger partial charge is 0.191 e. The molecule has 1 atom stereocenters. The lowest BCUT2D eigenvalue weighted by atomic mass is 9.90. The van der Waals surface area contributed by atoms with Crippen molar-refractivity contribution in [3.63, 3.8) is 0 Å². The molecule has 1 N–H and O–H groups in total. The number of Topliss-reactive ketones (excluding diaryl/α,β-unsaturated/α-hetero) is 1. The predicted octanol–water partition coefficient (Wildman–Crippen LogP) is 5.66. The molecule has 2 nitrogen and oxygen atoms in total. The number of benzene rings is 3. The molecule has 0 saturated heterocycles. The van der Waals surface area contributed by atoms with Gasteiger partial charge in [0.05, 0.1) is 0 Å². The average Bonchev–Trinajstić information content (AvgIpc) is 2.94. The summed E-state index contributed by atoms with van der Waals surface area (Å²) in [6.45, 7) is 0. The first-order valence-corrected chi connectivity index (χ1v) is 8.52. The Bertz CT molecular complexity index is 945. The van der Waals surface area contributed by atoms with E-state index in [0.29, 0.717) is 5.02 Å². The topological polar surface area (TPSA) is 29.1 Å². The molecule has 25 heavy (non-hydrogen) atoms. The van der Waals surface area contributed by atoms with Crippen LogP contribution in [0, 0.1) is 0 Å². The number of allylic oxidation sites excluding steroid dienone is 1. The summed E-state index contributed by atoms with van der Waals surface area (Å²) >= 11 is 5.93. The van der Waals surface area contributed by atoms with Crippen molar-refractivity contribution in [1.29, 1.82) is 0 Å². The van der Waals surface area contributed by atoms with E-state index in [1.54, 1.807) is 0 Å². The average molecular weight is 346 g/mol. The first-order valence-electron chi connectivity index (χ1n) is 8.15. The molecule has 0 heterocycles. The molecule has 0 spiro atoms. The van der Waals surface area contributed by atoms with Crippen LogP contribution >= 0.6 is 11.6 Å². The van der Waals surface area contributed by atoms with Gasteiger partial charge in [-0.25, -0.2) is 0 Å². The van der Waals surface area contributed by atoms with Gasteiger partial charge in [-0.05, 0) is 35.4 Å². The maximum Gasteiger partial charge on any atom is 0.191 e. The summed E-state index contributed by atoms with van der Waals surface area (Å²) in [4.78, 5) is 12.9. The van der Waals surface area contributed by atoms with Crippen molar-refractivity contribution in [3.8, 4) is 0 Å². The minimum absolute atomic E-state index is 0.0512. The number of hydrogen-bond donors (Lipinski definition) is 1. The first-order chi connectivity index (χ1) is 12.2. The van der Waals surface area contributed by atoms with Crippen molar-refractivity contribution in [2.75, 3.05) is 5.32 Å². The third-order valence-electron chi connectivity index (χ3n) is 4.46. The SMILES string of the molecule is O=C1/C(=C\Nc2ccc(Cl)cc2)[C@@H](c2ccccc2)c2ccccc21. The van der Waals surface area contributed by atoms with E-state index in [0.717, 1.165) is 28.0 Å². The van der Waals surface area contributed by atoms with Crippen LogP contribution in [0.4, 0.5) is 5.69 Å². The van der Waals surface area contributed by atoms with E-state index < -0.39 is 0 Å². The summed E-state index contributed by atoms with van der Waals surface area (Å²) in [5.74, 6) is 0.0237. The molecule has 0 unspecified atom stereocenters. The molecule has 0 saturated carbocycles. The van der Waals surface area contributed by atoms with Crippen LogP contribution in [0.2, 0.25) is 5.02 Å². The van der Waals surface area contributed by atoms with Crippen LogP contribution < -0.4 is 5.32 Å². The maximum atomic E-state index is 12.9. The first kappa shape index (κ1) is 15.7. The highest BCUT2D eigenvalue weighted by Gasteiger charge is 2.35. The highest BCUT2D eigenvalue weighted by molar-refractivity contribution is 6.30. The Kier molecular flexibility index (Phi) is 4.12. The Labute approximate surface area is 151 Å². The summed E-state index contributed by atoms with van der Waals surface area (Å²) in [7, 11) is 0. The molecule has 1 aliphatic carbocycles. The largest absolute Gasteiger partial charge is 0.361 e. The number of fused-ring (bicyclic) bond motifs is 1. The van der Waals surface area contributed by atoms with Crippen molar-refractivity contribution in [3.05, 3.63) is 112 Å². The summed E-state index contributed by atoms with van der Waals surface area (Å²) in [6.07, 6.45) is 1.82. The second-order valence-electron chi connectivity index (χ2n) is 6.01. The van der Waals surface area contributed by atoms with Gasteiger partial charge in [-0.3, -0.25) is 4.79 Å². The fourth-order valence-corrected chi connectivity index (χ4v) is 3.40. The van der Waals surface area contributed by atoms with Crippen molar-refractivity contribution in [2.24, 2.45) is 0 Å². The molecule has 3 aromatic rings. The molecule has 122 valence electrons. The maximum absolute atomic E-state index is 12.9. The van der Waals surface area contributed by atoms with Gasteiger partial charge in [-0.2, -0.15) is 0 Å². The van der Waals surface area contributed by atoms with Crippen LogP contribution in [-0.4, -0.2) is 5.78 Å². The fraction of sp³-hybridized carbons (Fsp3) is 0.0455. The lowest BCUT2D eigenvalue weighted by molar-refractivity contribution is 0.103. The van der Waals surface area contributed by atoms with E-state index >= 15 is 0 Å². The zero-order valence-corrected chi connectivity index (χ0v) is 14.2. The Morgan fingerprint density at radius 3 is 2.28 bits per heavy atom. The van der Waals surface area contributed by atoms with E-state index in [2.05, 4.69) is 17.4 Å². The van der Waals surface area contributed by atoms with Gasteiger partial charge < -0.3 is 5.32 Å². The summed E-state index contributed by atoms with van der Waals surface area (Å²) < 4.78 is 0. The van der Waals surface area contributed by atoms with Crippen LogP contribution in [0.15, 0.2) is 90.6 Å². The standard InChI is InChI=1S/C22H16ClNO/c23-16-10-12-17(13-11-16)24-14-20-21(15-6-2-1-3-7-15)18-8-4-5-9-19(18)22(20)25/h1-14,21,24H/b20-14-/t21-/m0/s1. The van der Waals surface area contributed by atoms with Gasteiger partial charge in [0.1, 0.15) is 0 Å². The zero-order chi connectivity index (χ0) is 17.2.